The van der Waals surface area contributed by atoms with E-state index in [-0.39, 0.29) is 6.04 Å². The van der Waals surface area contributed by atoms with Crippen LogP contribution in [0.5, 0.6) is 11.5 Å². The van der Waals surface area contributed by atoms with Crippen molar-refractivity contribution in [2.24, 2.45) is 0 Å². The molecule has 7 nitrogen and oxygen atoms in total. The van der Waals surface area contributed by atoms with Crippen LogP contribution in [0.2, 0.25) is 0 Å². The van der Waals surface area contributed by atoms with Crippen LogP contribution in [0.1, 0.15) is 34.7 Å². The summed E-state index contributed by atoms with van der Waals surface area (Å²) in [6.07, 6.45) is 2.03. The first-order chi connectivity index (χ1) is 14.8. The summed E-state index contributed by atoms with van der Waals surface area (Å²) in [5.74, 6) is 1.79. The molecule has 4 aliphatic heterocycles. The number of rotatable bonds is 4. The van der Waals surface area contributed by atoms with Gasteiger partial charge in [-0.1, -0.05) is 12.1 Å². The molecule has 0 aromatic heterocycles. The molecule has 0 spiro atoms. The number of carbonyl (C=O) groups excluding carboxylic acids is 1. The summed E-state index contributed by atoms with van der Waals surface area (Å²) in [6, 6.07) is 13.6. The Labute approximate surface area is 175 Å². The summed E-state index contributed by atoms with van der Waals surface area (Å²) in [7, 11) is 0. The molecule has 0 radical (unpaired) electrons. The second-order valence-electron chi connectivity index (χ2n) is 8.40. The van der Waals surface area contributed by atoms with E-state index in [4.69, 9.17) is 18.9 Å². The molecule has 2 fully saturated rings. The lowest BCUT2D eigenvalue weighted by molar-refractivity contribution is -0.120. The van der Waals surface area contributed by atoms with Crippen molar-refractivity contribution in [3.8, 4) is 11.5 Å². The van der Waals surface area contributed by atoms with Crippen LogP contribution in [-0.2, 0) is 27.5 Å². The van der Waals surface area contributed by atoms with Crippen molar-refractivity contribution >= 4 is 6.41 Å². The number of benzene rings is 2. The number of amides is 1. The van der Waals surface area contributed by atoms with Gasteiger partial charge >= 0.3 is 0 Å². The van der Waals surface area contributed by atoms with Gasteiger partial charge in [0.05, 0.1) is 19.3 Å². The minimum absolute atomic E-state index is 0.0910. The van der Waals surface area contributed by atoms with Crippen LogP contribution in [0.4, 0.5) is 0 Å². The lowest BCUT2D eigenvalue weighted by atomic mass is 9.93. The van der Waals surface area contributed by atoms with Crippen LogP contribution in [0.15, 0.2) is 36.4 Å². The van der Waals surface area contributed by atoms with Gasteiger partial charge in [-0.3, -0.25) is 9.69 Å². The largest absolute Gasteiger partial charge is 0.467 e. The van der Waals surface area contributed by atoms with Gasteiger partial charge in [0.25, 0.3) is 0 Å². The number of likely N-dealkylation sites (tertiary alicyclic amines) is 2. The van der Waals surface area contributed by atoms with Gasteiger partial charge in [0.1, 0.15) is 11.5 Å². The summed E-state index contributed by atoms with van der Waals surface area (Å²) in [6.45, 7) is 3.40. The highest BCUT2D eigenvalue weighted by atomic mass is 16.7. The first kappa shape index (κ1) is 18.2. The van der Waals surface area contributed by atoms with Crippen LogP contribution in [-0.4, -0.2) is 55.0 Å². The van der Waals surface area contributed by atoms with Crippen molar-refractivity contribution in [1.29, 1.82) is 0 Å². The smallest absolute Gasteiger partial charge is 0.210 e. The highest BCUT2D eigenvalue weighted by Crippen LogP contribution is 2.42. The molecule has 0 N–H and O–H groups in total. The second kappa shape index (κ2) is 7.27. The molecule has 30 heavy (non-hydrogen) atoms. The van der Waals surface area contributed by atoms with Gasteiger partial charge in [-0.05, 0) is 41.8 Å². The monoisotopic (exact) mass is 408 g/mol. The van der Waals surface area contributed by atoms with Crippen molar-refractivity contribution in [3.05, 3.63) is 58.7 Å². The predicted molar refractivity (Wildman–Crippen MR) is 107 cm³/mol. The van der Waals surface area contributed by atoms with Crippen LogP contribution in [0.3, 0.4) is 0 Å². The summed E-state index contributed by atoms with van der Waals surface area (Å²) in [4.78, 5) is 15.9. The number of ether oxygens (including phenoxy) is 4. The molecule has 2 aromatic carbocycles. The standard InChI is InChI=1S/C23H24N2O5/c26-12-24-8-20-7-19(24)9-25(20)23(15-1-3-21-17(5-15)10-27-13-29-21)16-2-4-22-18(6-16)11-28-14-30-22/h1-6,12,19-20,23H,7-11,13-14H2/t19-,20-/m0/s1. The van der Waals surface area contributed by atoms with Crippen LogP contribution in [0.25, 0.3) is 0 Å². The molecular formula is C23H24N2O5. The quantitative estimate of drug-likeness (QED) is 0.725. The molecule has 156 valence electrons. The molecule has 2 saturated heterocycles. The molecule has 1 amide bonds. The van der Waals surface area contributed by atoms with E-state index in [0.717, 1.165) is 48.5 Å². The second-order valence-corrected chi connectivity index (χ2v) is 8.40. The first-order valence-corrected chi connectivity index (χ1v) is 10.4. The molecule has 0 unspecified atom stereocenters. The minimum atomic E-state index is 0.0910. The summed E-state index contributed by atoms with van der Waals surface area (Å²) in [5, 5.41) is 0. The van der Waals surface area contributed by atoms with Crippen molar-refractivity contribution in [3.63, 3.8) is 0 Å². The lowest BCUT2D eigenvalue weighted by Gasteiger charge is -2.39. The Bertz CT molecular complexity index is 921. The van der Waals surface area contributed by atoms with E-state index in [2.05, 4.69) is 41.3 Å². The Kier molecular flexibility index (Phi) is 4.40. The molecule has 7 heteroatoms. The fraction of sp³-hybridized carbons (Fsp3) is 0.435. The number of hydrogen-bond donors (Lipinski definition) is 0. The highest BCUT2D eigenvalue weighted by molar-refractivity contribution is 5.50. The zero-order chi connectivity index (χ0) is 20.1. The Hall–Kier alpha value is -2.61. The minimum Gasteiger partial charge on any atom is -0.467 e. The van der Waals surface area contributed by atoms with Crippen LogP contribution >= 0.6 is 0 Å². The average Bonchev–Trinajstić information content (AvgIpc) is 3.40. The molecule has 4 heterocycles. The van der Waals surface area contributed by atoms with E-state index in [0.29, 0.717) is 38.9 Å². The highest BCUT2D eigenvalue weighted by Gasteiger charge is 2.46. The molecule has 2 atom stereocenters. The van der Waals surface area contributed by atoms with Crippen molar-refractivity contribution in [2.45, 2.75) is 37.8 Å². The molecule has 2 bridgehead atoms. The molecule has 4 aliphatic rings. The Morgan fingerprint density at radius 3 is 2.03 bits per heavy atom. The first-order valence-electron chi connectivity index (χ1n) is 10.4. The third kappa shape index (κ3) is 2.96. The lowest BCUT2D eigenvalue weighted by Crippen LogP contribution is -2.47. The third-order valence-electron chi connectivity index (χ3n) is 6.70. The topological polar surface area (TPSA) is 60.5 Å². The van der Waals surface area contributed by atoms with Crippen molar-refractivity contribution in [2.75, 3.05) is 26.7 Å². The maximum Gasteiger partial charge on any atom is 0.210 e. The summed E-state index contributed by atoms with van der Waals surface area (Å²) in [5.41, 5.74) is 4.58. The Morgan fingerprint density at radius 2 is 1.50 bits per heavy atom. The Morgan fingerprint density at radius 1 is 0.867 bits per heavy atom. The van der Waals surface area contributed by atoms with E-state index in [1.54, 1.807) is 0 Å². The predicted octanol–water partition coefficient (Wildman–Crippen LogP) is 2.42. The number of hydrogen-bond acceptors (Lipinski definition) is 6. The molecule has 2 aromatic rings. The molecule has 6 rings (SSSR count). The third-order valence-corrected chi connectivity index (χ3v) is 6.70. The molecule has 0 saturated carbocycles. The van der Waals surface area contributed by atoms with E-state index in [1.807, 2.05) is 4.90 Å². The SMILES string of the molecule is O=CN1C[C@@H]2C[C@H]1CN2C(c1ccc2c(c1)COCO2)c1ccc2c(c1)COCO2. The van der Waals surface area contributed by atoms with E-state index >= 15 is 0 Å². The summed E-state index contributed by atoms with van der Waals surface area (Å²) >= 11 is 0. The fourth-order valence-electron chi connectivity index (χ4n) is 5.31. The number of fused-ring (bicyclic) bond motifs is 4. The summed E-state index contributed by atoms with van der Waals surface area (Å²) < 4.78 is 22.3. The van der Waals surface area contributed by atoms with Crippen molar-refractivity contribution in [1.82, 2.24) is 9.80 Å². The number of nitrogens with zero attached hydrogens (tertiary/aromatic N) is 2. The van der Waals surface area contributed by atoms with Gasteiger partial charge in [0, 0.05) is 36.3 Å². The zero-order valence-corrected chi connectivity index (χ0v) is 16.7. The maximum absolute atomic E-state index is 11.4. The average molecular weight is 408 g/mol. The van der Waals surface area contributed by atoms with Gasteiger partial charge in [0.15, 0.2) is 13.6 Å². The fourth-order valence-corrected chi connectivity index (χ4v) is 5.31. The molecular weight excluding hydrogens is 384 g/mol. The van der Waals surface area contributed by atoms with E-state index < -0.39 is 0 Å². The van der Waals surface area contributed by atoms with Gasteiger partial charge in [0.2, 0.25) is 6.41 Å². The van der Waals surface area contributed by atoms with Gasteiger partial charge in [-0.25, -0.2) is 0 Å². The number of carbonyl (C=O) groups is 1. The van der Waals surface area contributed by atoms with Crippen LogP contribution in [0, 0.1) is 0 Å². The van der Waals surface area contributed by atoms with Gasteiger partial charge in [-0.2, -0.15) is 0 Å². The van der Waals surface area contributed by atoms with E-state index in [9.17, 15) is 4.79 Å². The Balaban J connectivity index is 1.41. The van der Waals surface area contributed by atoms with Crippen LogP contribution < -0.4 is 9.47 Å². The maximum atomic E-state index is 11.4. The molecule has 0 aliphatic carbocycles. The van der Waals surface area contributed by atoms with Gasteiger partial charge in [-0.15, -0.1) is 0 Å². The normalized spacial score (nSPS) is 24.9. The number of piperazine rings is 1. The van der Waals surface area contributed by atoms with Crippen molar-refractivity contribution < 1.29 is 23.7 Å². The zero-order valence-electron chi connectivity index (χ0n) is 16.7. The van der Waals surface area contributed by atoms with Gasteiger partial charge < -0.3 is 23.8 Å². The van der Waals surface area contributed by atoms with E-state index in [1.165, 1.54) is 11.1 Å².